The zero-order valence-corrected chi connectivity index (χ0v) is 14.2. The predicted octanol–water partition coefficient (Wildman–Crippen LogP) is 2.28. The normalized spacial score (nSPS) is 22.3. The van der Waals surface area contributed by atoms with Gasteiger partial charge in [0.1, 0.15) is 5.82 Å². The predicted molar refractivity (Wildman–Crippen MR) is 89.8 cm³/mol. The summed E-state index contributed by atoms with van der Waals surface area (Å²) in [5.41, 5.74) is 2.57. The molecule has 0 aromatic carbocycles. The van der Waals surface area contributed by atoms with Crippen molar-refractivity contribution in [1.82, 2.24) is 15.2 Å². The molecule has 4 nitrogen and oxygen atoms in total. The molecule has 1 aliphatic rings. The standard InChI is InChI=1S/C17H30N4/c1-6-7-18-9-15-8-13(2)17(19-10-15)21-11-14(3)16(12-21)20(4)5/h8,10,14,16,18H,6-7,9,11-12H2,1-5H3. The largest absolute Gasteiger partial charge is 0.354 e. The maximum Gasteiger partial charge on any atom is 0.131 e. The van der Waals surface area contributed by atoms with Gasteiger partial charge in [-0.05, 0) is 57.1 Å². The summed E-state index contributed by atoms with van der Waals surface area (Å²) < 4.78 is 0. The average Bonchev–Trinajstić information content (AvgIpc) is 2.81. The molecule has 1 aromatic rings. The first-order chi connectivity index (χ1) is 10.0. The van der Waals surface area contributed by atoms with Gasteiger partial charge in [0.15, 0.2) is 0 Å². The fourth-order valence-corrected chi connectivity index (χ4v) is 3.26. The summed E-state index contributed by atoms with van der Waals surface area (Å²) in [6.45, 7) is 10.9. The minimum Gasteiger partial charge on any atom is -0.354 e. The maximum absolute atomic E-state index is 4.73. The van der Waals surface area contributed by atoms with Crippen LogP contribution >= 0.6 is 0 Å². The molecule has 2 heterocycles. The first-order valence-corrected chi connectivity index (χ1v) is 8.10. The summed E-state index contributed by atoms with van der Waals surface area (Å²) in [5.74, 6) is 1.84. The van der Waals surface area contributed by atoms with E-state index in [9.17, 15) is 0 Å². The van der Waals surface area contributed by atoms with E-state index >= 15 is 0 Å². The first-order valence-electron chi connectivity index (χ1n) is 8.10. The Labute approximate surface area is 129 Å². The quantitative estimate of drug-likeness (QED) is 0.815. The third-order valence-corrected chi connectivity index (χ3v) is 4.40. The van der Waals surface area contributed by atoms with Crippen molar-refractivity contribution >= 4 is 5.82 Å². The van der Waals surface area contributed by atoms with E-state index in [1.54, 1.807) is 0 Å². The van der Waals surface area contributed by atoms with Gasteiger partial charge in [0.25, 0.3) is 0 Å². The zero-order valence-electron chi connectivity index (χ0n) is 14.2. The van der Waals surface area contributed by atoms with Crippen LogP contribution in [0.3, 0.4) is 0 Å². The molecule has 2 unspecified atom stereocenters. The molecule has 118 valence electrons. The summed E-state index contributed by atoms with van der Waals surface area (Å²) in [7, 11) is 4.35. The van der Waals surface area contributed by atoms with Crippen LogP contribution in [0.25, 0.3) is 0 Å². The fourth-order valence-electron chi connectivity index (χ4n) is 3.26. The highest BCUT2D eigenvalue weighted by molar-refractivity contribution is 5.48. The van der Waals surface area contributed by atoms with Crippen molar-refractivity contribution in [3.63, 3.8) is 0 Å². The summed E-state index contributed by atoms with van der Waals surface area (Å²) in [5, 5.41) is 3.44. The van der Waals surface area contributed by atoms with Crippen LogP contribution in [-0.2, 0) is 6.54 Å². The second-order valence-electron chi connectivity index (χ2n) is 6.57. The van der Waals surface area contributed by atoms with Crippen LogP contribution in [0.4, 0.5) is 5.82 Å². The average molecular weight is 290 g/mol. The van der Waals surface area contributed by atoms with Gasteiger partial charge in [-0.1, -0.05) is 13.8 Å². The van der Waals surface area contributed by atoms with E-state index in [-0.39, 0.29) is 0 Å². The summed E-state index contributed by atoms with van der Waals surface area (Å²) >= 11 is 0. The van der Waals surface area contributed by atoms with E-state index < -0.39 is 0 Å². The van der Waals surface area contributed by atoms with Crippen LogP contribution in [0.5, 0.6) is 0 Å². The fraction of sp³-hybridized carbons (Fsp3) is 0.706. The Morgan fingerprint density at radius 2 is 2.14 bits per heavy atom. The van der Waals surface area contributed by atoms with Crippen molar-refractivity contribution in [2.24, 2.45) is 5.92 Å². The van der Waals surface area contributed by atoms with Crippen LogP contribution in [0.1, 0.15) is 31.4 Å². The Kier molecular flexibility index (Phi) is 5.59. The smallest absolute Gasteiger partial charge is 0.131 e. The number of hydrogen-bond acceptors (Lipinski definition) is 4. The molecular weight excluding hydrogens is 260 g/mol. The molecule has 0 saturated carbocycles. The van der Waals surface area contributed by atoms with Crippen LogP contribution in [-0.4, -0.2) is 49.7 Å². The van der Waals surface area contributed by atoms with Crippen molar-refractivity contribution in [2.45, 2.75) is 39.8 Å². The number of aromatic nitrogens is 1. The van der Waals surface area contributed by atoms with Crippen molar-refractivity contribution in [3.8, 4) is 0 Å². The lowest BCUT2D eigenvalue weighted by Gasteiger charge is -2.23. The molecule has 2 atom stereocenters. The van der Waals surface area contributed by atoms with Gasteiger partial charge in [0.05, 0.1) is 0 Å². The SMILES string of the molecule is CCCNCc1cnc(N2CC(C)C(N(C)C)C2)c(C)c1. The van der Waals surface area contributed by atoms with Crippen molar-refractivity contribution in [1.29, 1.82) is 0 Å². The number of nitrogens with zero attached hydrogens (tertiary/aromatic N) is 3. The molecule has 1 aromatic heterocycles. The Morgan fingerprint density at radius 1 is 1.38 bits per heavy atom. The van der Waals surface area contributed by atoms with Gasteiger partial charge < -0.3 is 15.1 Å². The molecule has 1 aliphatic heterocycles. The van der Waals surface area contributed by atoms with Gasteiger partial charge in [-0.15, -0.1) is 0 Å². The number of hydrogen-bond donors (Lipinski definition) is 1. The van der Waals surface area contributed by atoms with E-state index in [2.05, 4.69) is 56.0 Å². The molecule has 1 fully saturated rings. The molecule has 4 heteroatoms. The number of pyridine rings is 1. The van der Waals surface area contributed by atoms with Gasteiger partial charge in [-0.3, -0.25) is 0 Å². The van der Waals surface area contributed by atoms with Gasteiger partial charge >= 0.3 is 0 Å². The Morgan fingerprint density at radius 3 is 2.71 bits per heavy atom. The second-order valence-corrected chi connectivity index (χ2v) is 6.57. The van der Waals surface area contributed by atoms with E-state index in [0.717, 1.165) is 32.0 Å². The van der Waals surface area contributed by atoms with Gasteiger partial charge in [0, 0.05) is 31.9 Å². The molecule has 1 saturated heterocycles. The third kappa shape index (κ3) is 3.95. The van der Waals surface area contributed by atoms with Gasteiger partial charge in [-0.2, -0.15) is 0 Å². The highest BCUT2D eigenvalue weighted by atomic mass is 15.3. The van der Waals surface area contributed by atoms with Gasteiger partial charge in [-0.25, -0.2) is 4.98 Å². The van der Waals surface area contributed by atoms with Crippen LogP contribution < -0.4 is 10.2 Å². The second kappa shape index (κ2) is 7.23. The molecule has 0 radical (unpaired) electrons. The summed E-state index contributed by atoms with van der Waals surface area (Å²) in [6.07, 6.45) is 3.20. The highest BCUT2D eigenvalue weighted by Gasteiger charge is 2.32. The molecule has 2 rings (SSSR count). The highest BCUT2D eigenvalue weighted by Crippen LogP contribution is 2.27. The maximum atomic E-state index is 4.73. The molecule has 0 spiro atoms. The number of rotatable bonds is 6. The van der Waals surface area contributed by atoms with Crippen molar-refractivity contribution < 1.29 is 0 Å². The lowest BCUT2D eigenvalue weighted by Crippen LogP contribution is -2.34. The summed E-state index contributed by atoms with van der Waals surface area (Å²) in [6, 6.07) is 2.90. The molecule has 21 heavy (non-hydrogen) atoms. The van der Waals surface area contributed by atoms with Crippen LogP contribution in [0, 0.1) is 12.8 Å². The number of aryl methyl sites for hydroxylation is 1. The number of nitrogens with one attached hydrogen (secondary N) is 1. The Bertz CT molecular complexity index is 458. The van der Waals surface area contributed by atoms with Crippen LogP contribution in [0.2, 0.25) is 0 Å². The molecule has 0 aliphatic carbocycles. The first kappa shape index (κ1) is 16.2. The minimum absolute atomic E-state index is 0.622. The van der Waals surface area contributed by atoms with Crippen molar-refractivity contribution in [3.05, 3.63) is 23.4 Å². The Balaban J connectivity index is 2.04. The number of likely N-dealkylation sites (N-methyl/N-ethyl adjacent to an activating group) is 1. The molecule has 0 amide bonds. The lowest BCUT2D eigenvalue weighted by molar-refractivity contribution is 0.266. The molecule has 1 N–H and O–H groups in total. The molecule has 0 bridgehead atoms. The lowest BCUT2D eigenvalue weighted by atomic mass is 10.1. The number of anilines is 1. The van der Waals surface area contributed by atoms with Crippen molar-refractivity contribution in [2.75, 3.05) is 38.6 Å². The Hall–Kier alpha value is -1.13. The van der Waals surface area contributed by atoms with Crippen LogP contribution in [0.15, 0.2) is 12.3 Å². The van der Waals surface area contributed by atoms with E-state index in [1.807, 2.05) is 6.20 Å². The van der Waals surface area contributed by atoms with E-state index in [1.165, 1.54) is 17.5 Å². The topological polar surface area (TPSA) is 31.4 Å². The monoisotopic (exact) mass is 290 g/mol. The van der Waals surface area contributed by atoms with E-state index in [0.29, 0.717) is 12.0 Å². The zero-order chi connectivity index (χ0) is 15.4. The molecular formula is C17H30N4. The summed E-state index contributed by atoms with van der Waals surface area (Å²) in [4.78, 5) is 9.51. The van der Waals surface area contributed by atoms with E-state index in [4.69, 9.17) is 4.98 Å². The third-order valence-electron chi connectivity index (χ3n) is 4.40. The minimum atomic E-state index is 0.622. The van der Waals surface area contributed by atoms with Gasteiger partial charge in [0.2, 0.25) is 0 Å².